The Bertz CT molecular complexity index is 412. The van der Waals surface area contributed by atoms with Crippen molar-refractivity contribution in [1.82, 2.24) is 10.6 Å². The third-order valence-electron chi connectivity index (χ3n) is 3.56. The van der Waals surface area contributed by atoms with Crippen LogP contribution in [0.1, 0.15) is 0 Å². The summed E-state index contributed by atoms with van der Waals surface area (Å²) in [7, 11) is 0. The van der Waals surface area contributed by atoms with Gasteiger partial charge in [-0.3, -0.25) is 0 Å². The van der Waals surface area contributed by atoms with Crippen LogP contribution in [0.15, 0.2) is 30.3 Å². The highest BCUT2D eigenvalue weighted by atomic mass is 32.2. The summed E-state index contributed by atoms with van der Waals surface area (Å²) in [4.78, 5) is 1.41. The van der Waals surface area contributed by atoms with Crippen LogP contribution in [0.4, 0.5) is 18.9 Å². The maximum Gasteiger partial charge on any atom is 0.409 e. The first-order chi connectivity index (χ1) is 10.6. The third kappa shape index (κ3) is 5.37. The molecule has 0 radical (unpaired) electrons. The van der Waals surface area contributed by atoms with Crippen LogP contribution < -0.4 is 15.5 Å². The molecule has 1 aromatic rings. The molecule has 0 spiro atoms. The number of piperazine rings is 1. The lowest BCUT2D eigenvalue weighted by molar-refractivity contribution is -0.149. The summed E-state index contributed by atoms with van der Waals surface area (Å²) in [6, 6.07) is 7.31. The summed E-state index contributed by atoms with van der Waals surface area (Å²) < 4.78 is 38.4. The third-order valence-corrected chi connectivity index (χ3v) is 4.54. The van der Waals surface area contributed by atoms with Crippen molar-refractivity contribution in [2.24, 2.45) is 0 Å². The molecule has 2 aliphatic heterocycles. The molecule has 2 aliphatic rings. The van der Waals surface area contributed by atoms with E-state index in [-0.39, 0.29) is 6.54 Å². The number of halogens is 3. The molecule has 1 unspecified atom stereocenters. The van der Waals surface area contributed by atoms with Crippen molar-refractivity contribution >= 4 is 17.4 Å². The fourth-order valence-electron chi connectivity index (χ4n) is 2.44. The first kappa shape index (κ1) is 17.4. The average Bonchev–Trinajstić information content (AvgIpc) is 2.57. The molecule has 3 rings (SSSR count). The minimum atomic E-state index is -4.19. The summed E-state index contributed by atoms with van der Waals surface area (Å²) >= 11 is 2.03. The Hall–Kier alpha value is -0.920. The number of alkyl halides is 3. The van der Waals surface area contributed by atoms with Crippen LogP contribution in [-0.4, -0.2) is 56.4 Å². The predicted molar refractivity (Wildman–Crippen MR) is 86.7 cm³/mol. The number of nitrogens with zero attached hydrogens (tertiary/aromatic N) is 1. The van der Waals surface area contributed by atoms with Gasteiger partial charge in [-0.05, 0) is 12.1 Å². The van der Waals surface area contributed by atoms with Crippen LogP contribution in [0, 0.1) is 0 Å². The highest BCUT2D eigenvalue weighted by Crippen LogP contribution is 2.29. The van der Waals surface area contributed by atoms with Gasteiger partial charge in [0.05, 0.1) is 0 Å². The molecule has 0 amide bonds. The van der Waals surface area contributed by atoms with Crippen LogP contribution >= 0.6 is 11.8 Å². The summed E-state index contributed by atoms with van der Waals surface area (Å²) in [5.74, 6) is 2.61. The minimum Gasteiger partial charge on any atom is -0.357 e. The van der Waals surface area contributed by atoms with Crippen molar-refractivity contribution < 1.29 is 13.2 Å². The lowest BCUT2D eigenvalue weighted by Gasteiger charge is -2.38. The van der Waals surface area contributed by atoms with E-state index in [0.29, 0.717) is 18.8 Å². The van der Waals surface area contributed by atoms with Gasteiger partial charge in [0.2, 0.25) is 0 Å². The molecular weight excluding hydrogens is 311 g/mol. The summed E-state index contributed by atoms with van der Waals surface area (Å²) in [6.07, 6.45) is -4.19. The van der Waals surface area contributed by atoms with Crippen molar-refractivity contribution in [1.29, 1.82) is 0 Å². The van der Waals surface area contributed by atoms with E-state index in [2.05, 4.69) is 10.6 Å². The number of benzene rings is 1. The van der Waals surface area contributed by atoms with E-state index >= 15 is 0 Å². The highest BCUT2D eigenvalue weighted by molar-refractivity contribution is 7.99. The van der Waals surface area contributed by atoms with E-state index in [4.69, 9.17) is 0 Å². The lowest BCUT2D eigenvalue weighted by Crippen LogP contribution is -2.58. The van der Waals surface area contributed by atoms with Crippen molar-refractivity contribution in [2.45, 2.75) is 12.2 Å². The second-order valence-electron chi connectivity index (χ2n) is 5.15. The summed E-state index contributed by atoms with van der Waals surface area (Å²) in [5, 5.41) is 6.04. The van der Waals surface area contributed by atoms with Gasteiger partial charge in [-0.25, -0.2) is 0 Å². The number of thioether (sulfide) groups is 1. The van der Waals surface area contributed by atoms with Crippen LogP contribution in [0.3, 0.4) is 0 Å². The second kappa shape index (κ2) is 8.64. The topological polar surface area (TPSA) is 27.3 Å². The molecule has 0 saturated carbocycles. The molecule has 1 aromatic carbocycles. The van der Waals surface area contributed by atoms with Gasteiger partial charge in [0, 0.05) is 49.9 Å². The monoisotopic (exact) mass is 333 g/mol. The molecule has 2 fully saturated rings. The number of nitrogens with one attached hydrogen (secondary N) is 2. The summed E-state index contributed by atoms with van der Waals surface area (Å²) in [5.41, 5.74) is 0.631. The van der Waals surface area contributed by atoms with Gasteiger partial charge in [0.25, 0.3) is 0 Å². The first-order valence-corrected chi connectivity index (χ1v) is 8.62. The Balaban J connectivity index is 0.000000246. The quantitative estimate of drug-likeness (QED) is 0.825. The zero-order chi connectivity index (χ0) is 15.8. The SMILES string of the molecule is C1CSCCN1.FC(F)(F)C1CNCCN1c1ccccc1. The number of rotatable bonds is 1. The number of hydrogen-bond donors (Lipinski definition) is 2. The fraction of sp³-hybridized carbons (Fsp3) is 0.600. The van der Waals surface area contributed by atoms with Crippen molar-refractivity contribution in [3.8, 4) is 0 Å². The Labute approximate surface area is 133 Å². The number of hydrogen-bond acceptors (Lipinski definition) is 4. The van der Waals surface area contributed by atoms with Crippen molar-refractivity contribution in [3.63, 3.8) is 0 Å². The summed E-state index contributed by atoms with van der Waals surface area (Å²) in [6.45, 7) is 3.35. The van der Waals surface area contributed by atoms with Crippen LogP contribution in [0.2, 0.25) is 0 Å². The number of anilines is 1. The normalized spacial score (nSPS) is 22.7. The van der Waals surface area contributed by atoms with Gasteiger partial charge in [0.1, 0.15) is 6.04 Å². The molecule has 0 aliphatic carbocycles. The van der Waals surface area contributed by atoms with Gasteiger partial charge < -0.3 is 15.5 Å². The maximum absolute atomic E-state index is 12.8. The smallest absolute Gasteiger partial charge is 0.357 e. The minimum absolute atomic E-state index is 0.0433. The molecule has 2 saturated heterocycles. The van der Waals surface area contributed by atoms with Crippen molar-refractivity contribution in [2.75, 3.05) is 49.1 Å². The molecular formula is C15H22F3N3S. The zero-order valence-electron chi connectivity index (χ0n) is 12.4. The van der Waals surface area contributed by atoms with E-state index in [1.54, 1.807) is 30.3 Å². The Kier molecular flexibility index (Phi) is 6.85. The van der Waals surface area contributed by atoms with Crippen LogP contribution in [0.25, 0.3) is 0 Å². The van der Waals surface area contributed by atoms with Gasteiger partial charge in [0.15, 0.2) is 0 Å². The number of para-hydroxylation sites is 1. The Morgan fingerprint density at radius 2 is 1.68 bits per heavy atom. The molecule has 1 atom stereocenters. The van der Waals surface area contributed by atoms with Gasteiger partial charge in [-0.2, -0.15) is 24.9 Å². The standard InChI is InChI=1S/C11H13F3N2.C4H9NS/c12-11(13,14)10-8-15-6-7-16(10)9-4-2-1-3-5-9;1-3-6-4-2-5-1/h1-5,10,15H,6-8H2;5H,1-4H2. The molecule has 2 heterocycles. The largest absolute Gasteiger partial charge is 0.409 e. The average molecular weight is 333 g/mol. The molecule has 7 heteroatoms. The van der Waals surface area contributed by atoms with E-state index in [0.717, 1.165) is 0 Å². The van der Waals surface area contributed by atoms with Crippen LogP contribution in [-0.2, 0) is 0 Å². The Morgan fingerprint density at radius 3 is 2.18 bits per heavy atom. The van der Waals surface area contributed by atoms with Gasteiger partial charge >= 0.3 is 6.18 Å². The lowest BCUT2D eigenvalue weighted by atomic mass is 10.1. The molecule has 0 aromatic heterocycles. The van der Waals surface area contributed by atoms with E-state index < -0.39 is 12.2 Å². The van der Waals surface area contributed by atoms with Crippen LogP contribution in [0.5, 0.6) is 0 Å². The van der Waals surface area contributed by atoms with E-state index in [1.165, 1.54) is 29.5 Å². The predicted octanol–water partition coefficient (Wildman–Crippen LogP) is 2.35. The second-order valence-corrected chi connectivity index (χ2v) is 6.38. The zero-order valence-corrected chi connectivity index (χ0v) is 13.2. The van der Waals surface area contributed by atoms with E-state index in [1.807, 2.05) is 11.8 Å². The highest BCUT2D eigenvalue weighted by Gasteiger charge is 2.44. The first-order valence-electron chi connectivity index (χ1n) is 7.46. The van der Waals surface area contributed by atoms with Crippen molar-refractivity contribution in [3.05, 3.63) is 30.3 Å². The molecule has 124 valence electrons. The molecule has 0 bridgehead atoms. The van der Waals surface area contributed by atoms with Gasteiger partial charge in [-0.15, -0.1) is 0 Å². The molecule has 2 N–H and O–H groups in total. The maximum atomic E-state index is 12.8. The molecule has 22 heavy (non-hydrogen) atoms. The molecule has 3 nitrogen and oxygen atoms in total. The van der Waals surface area contributed by atoms with E-state index in [9.17, 15) is 13.2 Å². The fourth-order valence-corrected chi connectivity index (χ4v) is 3.22. The Morgan fingerprint density at radius 1 is 1.00 bits per heavy atom. The van der Waals surface area contributed by atoms with Gasteiger partial charge in [-0.1, -0.05) is 18.2 Å².